The molecule has 1 aliphatic carbocycles. The summed E-state index contributed by atoms with van der Waals surface area (Å²) in [5.41, 5.74) is 1.10. The van der Waals surface area contributed by atoms with Crippen LogP contribution in [-0.2, 0) is 0 Å². The number of pyridine rings is 1. The van der Waals surface area contributed by atoms with Crippen LogP contribution in [0, 0.1) is 0 Å². The Morgan fingerprint density at radius 1 is 1.28 bits per heavy atom. The first-order chi connectivity index (χ1) is 8.75. The molecule has 0 aromatic carbocycles. The lowest BCUT2D eigenvalue weighted by molar-refractivity contribution is 0.0697. The van der Waals surface area contributed by atoms with E-state index in [1.165, 1.54) is 19.0 Å². The third-order valence-corrected chi connectivity index (χ3v) is 3.75. The maximum Gasteiger partial charge on any atom is 0.337 e. The molecule has 1 aromatic heterocycles. The molecule has 0 atom stereocenters. The fourth-order valence-electron chi connectivity index (χ4n) is 2.59. The molecule has 1 aromatic rings. The minimum absolute atomic E-state index is 0.352. The molecule has 0 amide bonds. The molecule has 2 aliphatic rings. The molecule has 1 saturated heterocycles. The van der Waals surface area contributed by atoms with Crippen LogP contribution in [0.2, 0.25) is 0 Å². The van der Waals surface area contributed by atoms with Gasteiger partial charge in [-0.2, -0.15) is 0 Å². The third kappa shape index (κ3) is 2.18. The van der Waals surface area contributed by atoms with Gasteiger partial charge in [0.15, 0.2) is 0 Å². The Morgan fingerprint density at radius 3 is 2.61 bits per heavy atom. The van der Waals surface area contributed by atoms with Gasteiger partial charge >= 0.3 is 5.97 Å². The van der Waals surface area contributed by atoms with Crippen molar-refractivity contribution < 1.29 is 9.90 Å². The highest BCUT2D eigenvalue weighted by atomic mass is 16.4. The molecule has 2 heterocycles. The molecular formula is C13H17N3O2. The molecule has 96 valence electrons. The summed E-state index contributed by atoms with van der Waals surface area (Å²) < 4.78 is 0. The second-order valence-corrected chi connectivity index (χ2v) is 4.95. The maximum atomic E-state index is 11.2. The van der Waals surface area contributed by atoms with Crippen molar-refractivity contribution in [1.82, 2.24) is 9.88 Å². The number of aromatic carboxylic acids is 1. The van der Waals surface area contributed by atoms with Crippen molar-refractivity contribution in [2.24, 2.45) is 0 Å². The van der Waals surface area contributed by atoms with Gasteiger partial charge in [-0.25, -0.2) is 4.79 Å². The van der Waals surface area contributed by atoms with E-state index in [9.17, 15) is 9.90 Å². The lowest BCUT2D eigenvalue weighted by Crippen LogP contribution is -2.47. The Bertz CT molecular complexity index is 451. The van der Waals surface area contributed by atoms with Crippen LogP contribution in [0.15, 0.2) is 18.5 Å². The Morgan fingerprint density at radius 2 is 2.00 bits per heavy atom. The Balaban J connectivity index is 1.73. The van der Waals surface area contributed by atoms with E-state index >= 15 is 0 Å². The fourth-order valence-corrected chi connectivity index (χ4v) is 2.59. The van der Waals surface area contributed by atoms with Crippen LogP contribution in [0.4, 0.5) is 5.69 Å². The third-order valence-electron chi connectivity index (χ3n) is 3.75. The first kappa shape index (κ1) is 11.5. The van der Waals surface area contributed by atoms with Crippen molar-refractivity contribution in [3.8, 4) is 0 Å². The molecule has 0 radical (unpaired) electrons. The van der Waals surface area contributed by atoms with Gasteiger partial charge in [0.1, 0.15) is 0 Å². The zero-order valence-corrected chi connectivity index (χ0v) is 10.2. The van der Waals surface area contributed by atoms with Crippen LogP contribution in [-0.4, -0.2) is 53.2 Å². The van der Waals surface area contributed by atoms with Crippen LogP contribution in [0.25, 0.3) is 0 Å². The second kappa shape index (κ2) is 4.57. The van der Waals surface area contributed by atoms with Crippen molar-refractivity contribution in [3.05, 3.63) is 24.0 Å². The second-order valence-electron chi connectivity index (χ2n) is 4.95. The average molecular weight is 247 g/mol. The average Bonchev–Trinajstić information content (AvgIpc) is 3.23. The molecule has 5 heteroatoms. The molecule has 0 unspecified atom stereocenters. The maximum absolute atomic E-state index is 11.2. The number of rotatable bonds is 3. The van der Waals surface area contributed by atoms with Crippen LogP contribution >= 0.6 is 0 Å². The lowest BCUT2D eigenvalue weighted by atomic mass is 10.2. The first-order valence-corrected chi connectivity index (χ1v) is 6.42. The fraction of sp³-hybridized carbons (Fsp3) is 0.538. The summed E-state index contributed by atoms with van der Waals surface area (Å²) in [6.45, 7) is 3.84. The highest BCUT2D eigenvalue weighted by Crippen LogP contribution is 2.29. The van der Waals surface area contributed by atoms with Gasteiger partial charge in [0, 0.05) is 38.4 Å². The SMILES string of the molecule is O=C(O)c1ccncc1N1CCN(C2CC2)CC1. The number of aromatic nitrogens is 1. The van der Waals surface area contributed by atoms with E-state index < -0.39 is 5.97 Å². The number of carboxylic acids is 1. The number of carboxylic acid groups (broad SMARTS) is 1. The van der Waals surface area contributed by atoms with Gasteiger partial charge in [-0.3, -0.25) is 9.88 Å². The summed E-state index contributed by atoms with van der Waals surface area (Å²) in [5, 5.41) is 9.18. The smallest absolute Gasteiger partial charge is 0.337 e. The number of carbonyl (C=O) groups is 1. The summed E-state index contributed by atoms with van der Waals surface area (Å²) in [7, 11) is 0. The van der Waals surface area contributed by atoms with E-state index in [4.69, 9.17) is 0 Å². The summed E-state index contributed by atoms with van der Waals surface area (Å²) in [5.74, 6) is -0.878. The van der Waals surface area contributed by atoms with Gasteiger partial charge in [-0.15, -0.1) is 0 Å². The first-order valence-electron chi connectivity index (χ1n) is 6.42. The van der Waals surface area contributed by atoms with Crippen molar-refractivity contribution in [3.63, 3.8) is 0 Å². The monoisotopic (exact) mass is 247 g/mol. The Kier molecular flexibility index (Phi) is 2.91. The number of hydrogen-bond donors (Lipinski definition) is 1. The number of hydrogen-bond acceptors (Lipinski definition) is 4. The molecule has 0 spiro atoms. The Labute approximate surface area is 106 Å². The van der Waals surface area contributed by atoms with E-state index in [1.54, 1.807) is 12.3 Å². The minimum atomic E-state index is -0.878. The van der Waals surface area contributed by atoms with E-state index in [2.05, 4.69) is 14.8 Å². The van der Waals surface area contributed by atoms with Crippen molar-refractivity contribution in [1.29, 1.82) is 0 Å². The number of piperazine rings is 1. The van der Waals surface area contributed by atoms with Gasteiger partial charge in [0.2, 0.25) is 0 Å². The highest BCUT2D eigenvalue weighted by molar-refractivity contribution is 5.94. The summed E-state index contributed by atoms with van der Waals surface area (Å²) in [6, 6.07) is 2.37. The van der Waals surface area contributed by atoms with E-state index in [0.29, 0.717) is 5.56 Å². The summed E-state index contributed by atoms with van der Waals surface area (Å²) >= 11 is 0. The van der Waals surface area contributed by atoms with Crippen molar-refractivity contribution >= 4 is 11.7 Å². The van der Waals surface area contributed by atoms with E-state index in [-0.39, 0.29) is 0 Å². The van der Waals surface area contributed by atoms with Crippen LogP contribution in [0.5, 0.6) is 0 Å². The van der Waals surface area contributed by atoms with Crippen molar-refractivity contribution in [2.45, 2.75) is 18.9 Å². The molecular weight excluding hydrogens is 230 g/mol. The molecule has 3 rings (SSSR count). The lowest BCUT2D eigenvalue weighted by Gasteiger charge is -2.36. The minimum Gasteiger partial charge on any atom is -0.478 e. The zero-order chi connectivity index (χ0) is 12.5. The highest BCUT2D eigenvalue weighted by Gasteiger charge is 2.31. The quantitative estimate of drug-likeness (QED) is 0.865. The standard InChI is InChI=1S/C13H17N3O2/c17-13(18)11-3-4-14-9-12(11)16-7-5-15(6-8-16)10-1-2-10/h3-4,9-10H,1-2,5-8H2,(H,17,18). The molecule has 2 fully saturated rings. The zero-order valence-electron chi connectivity index (χ0n) is 10.2. The predicted molar refractivity (Wildman–Crippen MR) is 68.0 cm³/mol. The number of anilines is 1. The van der Waals surface area contributed by atoms with Gasteiger partial charge in [0.05, 0.1) is 17.4 Å². The largest absolute Gasteiger partial charge is 0.478 e. The number of nitrogens with zero attached hydrogens (tertiary/aromatic N) is 3. The molecule has 1 saturated carbocycles. The van der Waals surface area contributed by atoms with Gasteiger partial charge in [0.25, 0.3) is 0 Å². The van der Waals surface area contributed by atoms with E-state index in [1.807, 2.05) is 0 Å². The molecule has 0 bridgehead atoms. The van der Waals surface area contributed by atoms with Crippen LogP contribution in [0.3, 0.4) is 0 Å². The summed E-state index contributed by atoms with van der Waals surface area (Å²) in [4.78, 5) is 19.9. The summed E-state index contributed by atoms with van der Waals surface area (Å²) in [6.07, 6.45) is 5.85. The molecule has 5 nitrogen and oxygen atoms in total. The topological polar surface area (TPSA) is 56.7 Å². The predicted octanol–water partition coefficient (Wildman–Crippen LogP) is 1.06. The van der Waals surface area contributed by atoms with Crippen molar-refractivity contribution in [2.75, 3.05) is 31.1 Å². The normalized spacial score (nSPS) is 21.0. The molecule has 18 heavy (non-hydrogen) atoms. The van der Waals surface area contributed by atoms with E-state index in [0.717, 1.165) is 37.9 Å². The molecule has 1 N–H and O–H groups in total. The van der Waals surface area contributed by atoms with Gasteiger partial charge in [-0.1, -0.05) is 0 Å². The van der Waals surface area contributed by atoms with Crippen LogP contribution in [0.1, 0.15) is 23.2 Å². The van der Waals surface area contributed by atoms with Crippen LogP contribution < -0.4 is 4.90 Å². The Hall–Kier alpha value is -1.62. The van der Waals surface area contributed by atoms with Gasteiger partial charge < -0.3 is 10.0 Å². The van der Waals surface area contributed by atoms with Gasteiger partial charge in [-0.05, 0) is 18.9 Å². The molecule has 1 aliphatic heterocycles.